The van der Waals surface area contributed by atoms with Crippen molar-refractivity contribution in [3.63, 3.8) is 0 Å². The Labute approximate surface area is 106 Å². The van der Waals surface area contributed by atoms with Crippen LogP contribution >= 0.6 is 0 Å². The molecule has 98 valence electrons. The monoisotopic (exact) mass is 251 g/mol. The van der Waals surface area contributed by atoms with E-state index in [0.29, 0.717) is 13.2 Å². The van der Waals surface area contributed by atoms with E-state index in [4.69, 9.17) is 14.2 Å². The van der Waals surface area contributed by atoms with Crippen molar-refractivity contribution in [1.29, 1.82) is 0 Å². The minimum atomic E-state index is -0.147. The second kappa shape index (κ2) is 5.73. The number of amides is 1. The average molecular weight is 251 g/mol. The maximum absolute atomic E-state index is 11.6. The van der Waals surface area contributed by atoms with E-state index in [1.807, 2.05) is 24.3 Å². The number of methoxy groups -OCH3 is 1. The summed E-state index contributed by atoms with van der Waals surface area (Å²) in [4.78, 5) is 13.2. The highest BCUT2D eigenvalue weighted by Crippen LogP contribution is 2.30. The Kier molecular flexibility index (Phi) is 4.04. The van der Waals surface area contributed by atoms with Crippen LogP contribution in [-0.4, -0.2) is 50.8 Å². The lowest BCUT2D eigenvalue weighted by molar-refractivity contribution is -0.135. The molecule has 0 aromatic heterocycles. The van der Waals surface area contributed by atoms with Crippen LogP contribution in [0.3, 0.4) is 0 Å². The van der Waals surface area contributed by atoms with Gasteiger partial charge in [-0.25, -0.2) is 0 Å². The second-order valence-corrected chi connectivity index (χ2v) is 4.20. The Bertz CT molecular complexity index is 421. The second-order valence-electron chi connectivity index (χ2n) is 4.20. The molecule has 18 heavy (non-hydrogen) atoms. The lowest BCUT2D eigenvalue weighted by atomic mass is 10.2. The number of rotatable bonds is 4. The third-order valence-corrected chi connectivity index (χ3v) is 2.74. The van der Waals surface area contributed by atoms with Gasteiger partial charge in [0.25, 0.3) is 0 Å². The van der Waals surface area contributed by atoms with Crippen LogP contribution in [0.5, 0.6) is 11.5 Å². The molecule has 0 aliphatic carbocycles. The molecule has 5 nitrogen and oxygen atoms in total. The summed E-state index contributed by atoms with van der Waals surface area (Å²) in [6.45, 7) is 1.01. The number of ether oxygens (including phenoxy) is 3. The lowest BCUT2D eigenvalue weighted by Crippen LogP contribution is -2.42. The fourth-order valence-corrected chi connectivity index (χ4v) is 1.79. The molecule has 0 saturated heterocycles. The fraction of sp³-hybridized carbons (Fsp3) is 0.462. The lowest BCUT2D eigenvalue weighted by Gasteiger charge is -2.29. The molecule has 1 amide bonds. The number of carbonyl (C=O) groups is 1. The van der Waals surface area contributed by atoms with E-state index in [2.05, 4.69) is 0 Å². The van der Waals surface area contributed by atoms with Gasteiger partial charge in [-0.2, -0.15) is 0 Å². The van der Waals surface area contributed by atoms with Crippen LogP contribution in [0.4, 0.5) is 0 Å². The molecule has 1 aliphatic heterocycles. The van der Waals surface area contributed by atoms with Crippen LogP contribution in [0.2, 0.25) is 0 Å². The summed E-state index contributed by atoms with van der Waals surface area (Å²) in [6.07, 6.45) is -0.147. The number of hydrogen-bond acceptors (Lipinski definition) is 4. The van der Waals surface area contributed by atoms with Gasteiger partial charge in [-0.1, -0.05) is 12.1 Å². The first-order valence-electron chi connectivity index (χ1n) is 5.82. The summed E-state index contributed by atoms with van der Waals surface area (Å²) in [5.41, 5.74) is 0. The summed E-state index contributed by atoms with van der Waals surface area (Å²) in [5.74, 6) is 1.40. The van der Waals surface area contributed by atoms with Gasteiger partial charge in [0, 0.05) is 14.2 Å². The third-order valence-electron chi connectivity index (χ3n) is 2.74. The topological polar surface area (TPSA) is 48.0 Å². The van der Waals surface area contributed by atoms with Gasteiger partial charge in [-0.3, -0.25) is 4.79 Å². The number of hydrogen-bond donors (Lipinski definition) is 0. The van der Waals surface area contributed by atoms with Crippen molar-refractivity contribution >= 4 is 5.91 Å². The van der Waals surface area contributed by atoms with Gasteiger partial charge < -0.3 is 19.1 Å². The van der Waals surface area contributed by atoms with Crippen LogP contribution in [0.25, 0.3) is 0 Å². The van der Waals surface area contributed by atoms with Crippen LogP contribution in [0, 0.1) is 0 Å². The van der Waals surface area contributed by atoms with Crippen molar-refractivity contribution in [3.05, 3.63) is 24.3 Å². The van der Waals surface area contributed by atoms with E-state index in [9.17, 15) is 4.79 Å². The molecule has 0 fully saturated rings. The molecule has 1 atom stereocenters. The SMILES string of the molecule is COCC(=O)N(C)CC1COc2ccccc2O1. The molecular formula is C13H17NO4. The summed E-state index contributed by atoms with van der Waals surface area (Å²) < 4.78 is 16.2. The zero-order valence-electron chi connectivity index (χ0n) is 10.6. The zero-order chi connectivity index (χ0) is 13.0. The molecule has 0 radical (unpaired) electrons. The highest BCUT2D eigenvalue weighted by atomic mass is 16.6. The summed E-state index contributed by atoms with van der Waals surface area (Å²) >= 11 is 0. The summed E-state index contributed by atoms with van der Waals surface area (Å²) in [5, 5.41) is 0. The van der Waals surface area contributed by atoms with Crippen LogP contribution < -0.4 is 9.47 Å². The van der Waals surface area contributed by atoms with Gasteiger partial charge in [0.1, 0.15) is 13.2 Å². The van der Waals surface area contributed by atoms with Gasteiger partial charge in [-0.05, 0) is 12.1 Å². The third kappa shape index (κ3) is 2.92. The number of carbonyl (C=O) groups excluding carboxylic acids is 1. The first-order chi connectivity index (χ1) is 8.70. The van der Waals surface area contributed by atoms with E-state index in [1.54, 1.807) is 11.9 Å². The molecule has 0 N–H and O–H groups in total. The summed E-state index contributed by atoms with van der Waals surface area (Å²) in [7, 11) is 3.23. The molecule has 1 aromatic carbocycles. The minimum absolute atomic E-state index is 0.0695. The first kappa shape index (κ1) is 12.7. The zero-order valence-corrected chi connectivity index (χ0v) is 10.6. The Morgan fingerprint density at radius 2 is 2.17 bits per heavy atom. The molecular weight excluding hydrogens is 234 g/mol. The maximum Gasteiger partial charge on any atom is 0.248 e. The highest BCUT2D eigenvalue weighted by molar-refractivity contribution is 5.77. The van der Waals surface area contributed by atoms with E-state index < -0.39 is 0 Å². The number of benzene rings is 1. The standard InChI is InChI=1S/C13H17NO4/c1-14(13(15)9-16-2)7-10-8-17-11-5-3-4-6-12(11)18-10/h3-6,10H,7-9H2,1-2H3. The molecule has 2 rings (SSSR count). The molecule has 1 aromatic rings. The summed E-state index contributed by atoms with van der Waals surface area (Å²) in [6, 6.07) is 7.52. The van der Waals surface area contributed by atoms with Gasteiger partial charge >= 0.3 is 0 Å². The number of nitrogens with zero attached hydrogens (tertiary/aromatic N) is 1. The highest BCUT2D eigenvalue weighted by Gasteiger charge is 2.23. The molecule has 0 spiro atoms. The van der Waals surface area contributed by atoms with E-state index in [1.165, 1.54) is 7.11 Å². The van der Waals surface area contributed by atoms with E-state index in [-0.39, 0.29) is 18.6 Å². The molecule has 0 saturated carbocycles. The van der Waals surface area contributed by atoms with Crippen molar-refractivity contribution in [2.45, 2.75) is 6.10 Å². The Morgan fingerprint density at radius 1 is 1.44 bits per heavy atom. The van der Waals surface area contributed by atoms with Gasteiger partial charge in [0.05, 0.1) is 6.54 Å². The molecule has 5 heteroatoms. The van der Waals surface area contributed by atoms with Crippen LogP contribution in [-0.2, 0) is 9.53 Å². The van der Waals surface area contributed by atoms with Crippen molar-refractivity contribution in [1.82, 2.24) is 4.90 Å². The van der Waals surface area contributed by atoms with Gasteiger partial charge in [0.2, 0.25) is 5.91 Å². The molecule has 1 unspecified atom stereocenters. The minimum Gasteiger partial charge on any atom is -0.486 e. The molecule has 1 aliphatic rings. The normalized spacial score (nSPS) is 17.3. The van der Waals surface area contributed by atoms with Crippen molar-refractivity contribution in [3.8, 4) is 11.5 Å². The van der Waals surface area contributed by atoms with E-state index >= 15 is 0 Å². The largest absolute Gasteiger partial charge is 0.486 e. The van der Waals surface area contributed by atoms with Crippen molar-refractivity contribution in [2.24, 2.45) is 0 Å². The quantitative estimate of drug-likeness (QED) is 0.798. The van der Waals surface area contributed by atoms with Crippen molar-refractivity contribution in [2.75, 3.05) is 33.9 Å². The number of likely N-dealkylation sites (N-methyl/N-ethyl adjacent to an activating group) is 1. The predicted molar refractivity (Wildman–Crippen MR) is 65.9 cm³/mol. The average Bonchev–Trinajstić information content (AvgIpc) is 2.39. The molecule has 0 bridgehead atoms. The Morgan fingerprint density at radius 3 is 2.89 bits per heavy atom. The fourth-order valence-electron chi connectivity index (χ4n) is 1.79. The van der Waals surface area contributed by atoms with Crippen LogP contribution in [0.15, 0.2) is 24.3 Å². The number of fused-ring (bicyclic) bond motifs is 1. The van der Waals surface area contributed by atoms with E-state index in [0.717, 1.165) is 11.5 Å². The Balaban J connectivity index is 1.91. The predicted octanol–water partition coefficient (Wildman–Crippen LogP) is 0.931. The van der Waals surface area contributed by atoms with Gasteiger partial charge in [0.15, 0.2) is 17.6 Å². The maximum atomic E-state index is 11.6. The first-order valence-corrected chi connectivity index (χ1v) is 5.82. The van der Waals surface area contributed by atoms with Gasteiger partial charge in [-0.15, -0.1) is 0 Å². The Hall–Kier alpha value is -1.75. The van der Waals surface area contributed by atoms with Crippen molar-refractivity contribution < 1.29 is 19.0 Å². The molecule has 1 heterocycles. The number of para-hydroxylation sites is 2. The smallest absolute Gasteiger partial charge is 0.248 e. The van der Waals surface area contributed by atoms with Crippen LogP contribution in [0.1, 0.15) is 0 Å².